The Hall–Kier alpha value is -1.55. The van der Waals surface area contributed by atoms with Crippen molar-refractivity contribution in [3.05, 3.63) is 30.3 Å². The number of hydrogen-bond donors (Lipinski definition) is 1. The fourth-order valence-corrected chi connectivity index (χ4v) is 1.02. The minimum absolute atomic E-state index is 0.202. The van der Waals surface area contributed by atoms with Gasteiger partial charge in [-0.05, 0) is 19.1 Å². The monoisotopic (exact) mass is 210 g/mol. The average Bonchev–Trinajstić information content (AvgIpc) is 2.19. The second-order valence-electron chi connectivity index (χ2n) is 3.12. The fraction of sp³-hybridized carbons (Fsp3) is 0.364. The molecule has 1 rings (SSSR count). The Balaban J connectivity index is 2.68. The van der Waals surface area contributed by atoms with Crippen molar-refractivity contribution in [1.82, 2.24) is 0 Å². The van der Waals surface area contributed by atoms with Crippen LogP contribution < -0.4 is 4.74 Å². The van der Waals surface area contributed by atoms with Crippen LogP contribution in [-0.4, -0.2) is 23.5 Å². The zero-order chi connectivity index (χ0) is 11.3. The molecule has 0 saturated heterocycles. The molecule has 0 radical (unpaired) electrons. The molecule has 82 valence electrons. The van der Waals surface area contributed by atoms with Crippen molar-refractivity contribution in [3.63, 3.8) is 0 Å². The third kappa shape index (κ3) is 3.25. The lowest BCUT2D eigenvalue weighted by Crippen LogP contribution is -2.42. The first-order valence-corrected chi connectivity index (χ1v) is 4.70. The Morgan fingerprint density at radius 2 is 2.00 bits per heavy atom. The van der Waals surface area contributed by atoms with Crippen LogP contribution in [-0.2, 0) is 9.53 Å². The number of carbonyl (C=O) groups is 1. The fourth-order valence-electron chi connectivity index (χ4n) is 1.02. The highest BCUT2D eigenvalue weighted by molar-refractivity contribution is 5.77. The second-order valence-corrected chi connectivity index (χ2v) is 3.12. The van der Waals surface area contributed by atoms with Crippen LogP contribution in [0.1, 0.15) is 13.8 Å². The Bertz CT molecular complexity index is 319. The van der Waals surface area contributed by atoms with Gasteiger partial charge in [0.2, 0.25) is 0 Å². The van der Waals surface area contributed by atoms with E-state index in [2.05, 4.69) is 4.74 Å². The smallest absolute Gasteiger partial charge is 0.379 e. The van der Waals surface area contributed by atoms with E-state index in [4.69, 9.17) is 4.74 Å². The molecule has 0 aliphatic rings. The Labute approximate surface area is 88.4 Å². The zero-order valence-corrected chi connectivity index (χ0v) is 8.77. The molecule has 15 heavy (non-hydrogen) atoms. The number of hydrogen-bond acceptors (Lipinski definition) is 4. The van der Waals surface area contributed by atoms with E-state index >= 15 is 0 Å². The highest BCUT2D eigenvalue weighted by atomic mass is 16.7. The molecule has 0 saturated carbocycles. The third-order valence-electron chi connectivity index (χ3n) is 1.71. The molecule has 0 spiro atoms. The maximum Gasteiger partial charge on any atom is 0.379 e. The summed E-state index contributed by atoms with van der Waals surface area (Å²) >= 11 is 0. The zero-order valence-electron chi connectivity index (χ0n) is 8.77. The Morgan fingerprint density at radius 1 is 1.40 bits per heavy atom. The summed E-state index contributed by atoms with van der Waals surface area (Å²) in [6.07, 6.45) is 0. The van der Waals surface area contributed by atoms with Crippen molar-refractivity contribution in [2.75, 3.05) is 6.61 Å². The molecule has 1 atom stereocenters. The van der Waals surface area contributed by atoms with Gasteiger partial charge in [-0.15, -0.1) is 0 Å². The standard InChI is InChI=1S/C11H14O4/c1-3-14-10(12)11(2,13)15-9-7-5-4-6-8-9/h4-8,13H,3H2,1-2H3. The largest absolute Gasteiger partial charge is 0.461 e. The number of aliphatic hydroxyl groups is 1. The third-order valence-corrected chi connectivity index (χ3v) is 1.71. The summed E-state index contributed by atoms with van der Waals surface area (Å²) in [5, 5.41) is 9.67. The molecular formula is C11H14O4. The van der Waals surface area contributed by atoms with Gasteiger partial charge in [-0.2, -0.15) is 0 Å². The second kappa shape index (κ2) is 4.79. The van der Waals surface area contributed by atoms with Crippen LogP contribution in [0.5, 0.6) is 5.75 Å². The highest BCUT2D eigenvalue weighted by Crippen LogP contribution is 2.16. The molecular weight excluding hydrogens is 196 g/mol. The molecule has 0 aliphatic heterocycles. The SMILES string of the molecule is CCOC(=O)C(C)(O)Oc1ccccc1. The predicted octanol–water partition coefficient (Wildman–Crippen LogP) is 1.34. The van der Waals surface area contributed by atoms with E-state index in [1.807, 2.05) is 6.07 Å². The Kier molecular flexibility index (Phi) is 3.68. The molecule has 0 bridgehead atoms. The van der Waals surface area contributed by atoms with Crippen molar-refractivity contribution >= 4 is 5.97 Å². The molecule has 0 aliphatic carbocycles. The number of rotatable bonds is 4. The molecule has 1 aromatic rings. The summed E-state index contributed by atoms with van der Waals surface area (Å²) < 4.78 is 9.76. The molecule has 0 fully saturated rings. The number of para-hydroxylation sites is 1. The first-order chi connectivity index (χ1) is 7.06. The molecule has 1 N–H and O–H groups in total. The van der Waals surface area contributed by atoms with Crippen LogP contribution in [0.2, 0.25) is 0 Å². The maximum absolute atomic E-state index is 11.3. The number of benzene rings is 1. The number of esters is 1. The predicted molar refractivity (Wildman–Crippen MR) is 54.3 cm³/mol. The van der Waals surface area contributed by atoms with Gasteiger partial charge >= 0.3 is 11.8 Å². The molecule has 0 aromatic heterocycles. The molecule has 0 amide bonds. The van der Waals surface area contributed by atoms with Crippen LogP contribution in [0.4, 0.5) is 0 Å². The van der Waals surface area contributed by atoms with Gasteiger partial charge in [-0.1, -0.05) is 18.2 Å². The topological polar surface area (TPSA) is 55.8 Å². The lowest BCUT2D eigenvalue weighted by molar-refractivity contribution is -0.194. The normalized spacial score (nSPS) is 14.1. The van der Waals surface area contributed by atoms with E-state index < -0.39 is 11.8 Å². The maximum atomic E-state index is 11.3. The van der Waals surface area contributed by atoms with Gasteiger partial charge in [0.1, 0.15) is 5.75 Å². The minimum Gasteiger partial charge on any atom is -0.461 e. The summed E-state index contributed by atoms with van der Waals surface area (Å²) in [5.74, 6) is -2.33. The van der Waals surface area contributed by atoms with E-state index in [1.54, 1.807) is 31.2 Å². The average molecular weight is 210 g/mol. The quantitative estimate of drug-likeness (QED) is 0.601. The summed E-state index contributed by atoms with van der Waals surface area (Å²) in [6.45, 7) is 3.11. The van der Waals surface area contributed by atoms with Gasteiger partial charge in [0.05, 0.1) is 6.61 Å². The highest BCUT2D eigenvalue weighted by Gasteiger charge is 2.34. The summed E-state index contributed by atoms with van der Waals surface area (Å²) in [4.78, 5) is 11.3. The number of ether oxygens (including phenoxy) is 2. The lowest BCUT2D eigenvalue weighted by Gasteiger charge is -2.22. The van der Waals surface area contributed by atoms with Gasteiger partial charge in [0.25, 0.3) is 0 Å². The Morgan fingerprint density at radius 3 is 2.53 bits per heavy atom. The molecule has 1 unspecified atom stereocenters. The van der Waals surface area contributed by atoms with Gasteiger partial charge in [0.15, 0.2) is 0 Å². The van der Waals surface area contributed by atoms with Crippen LogP contribution in [0.25, 0.3) is 0 Å². The van der Waals surface area contributed by atoms with Crippen LogP contribution in [0, 0.1) is 0 Å². The summed E-state index contributed by atoms with van der Waals surface area (Å²) in [6, 6.07) is 8.60. The van der Waals surface area contributed by atoms with Crippen molar-refractivity contribution in [1.29, 1.82) is 0 Å². The van der Waals surface area contributed by atoms with Crippen LogP contribution in [0.3, 0.4) is 0 Å². The van der Waals surface area contributed by atoms with Crippen LogP contribution >= 0.6 is 0 Å². The van der Waals surface area contributed by atoms with E-state index in [1.165, 1.54) is 6.92 Å². The number of carbonyl (C=O) groups excluding carboxylic acids is 1. The first-order valence-electron chi connectivity index (χ1n) is 4.70. The summed E-state index contributed by atoms with van der Waals surface area (Å²) in [7, 11) is 0. The van der Waals surface area contributed by atoms with E-state index in [0.29, 0.717) is 5.75 Å². The van der Waals surface area contributed by atoms with Crippen LogP contribution in [0.15, 0.2) is 30.3 Å². The van der Waals surface area contributed by atoms with E-state index in [9.17, 15) is 9.90 Å². The molecule has 1 aromatic carbocycles. The van der Waals surface area contributed by atoms with Crippen molar-refractivity contribution < 1.29 is 19.4 Å². The van der Waals surface area contributed by atoms with E-state index in [-0.39, 0.29) is 6.61 Å². The van der Waals surface area contributed by atoms with Gasteiger partial charge < -0.3 is 14.6 Å². The van der Waals surface area contributed by atoms with Crippen molar-refractivity contribution in [2.24, 2.45) is 0 Å². The van der Waals surface area contributed by atoms with Gasteiger partial charge in [0, 0.05) is 6.92 Å². The minimum atomic E-state index is -1.95. The first kappa shape index (κ1) is 11.5. The summed E-state index contributed by atoms with van der Waals surface area (Å²) in [5.41, 5.74) is 0. The van der Waals surface area contributed by atoms with Gasteiger partial charge in [-0.25, -0.2) is 4.79 Å². The lowest BCUT2D eigenvalue weighted by atomic mass is 10.3. The molecule has 4 nitrogen and oxygen atoms in total. The molecule has 4 heteroatoms. The molecule has 0 heterocycles. The van der Waals surface area contributed by atoms with Gasteiger partial charge in [-0.3, -0.25) is 0 Å². The van der Waals surface area contributed by atoms with E-state index in [0.717, 1.165) is 0 Å². The van der Waals surface area contributed by atoms with Crippen molar-refractivity contribution in [2.45, 2.75) is 19.6 Å². The van der Waals surface area contributed by atoms with Crippen molar-refractivity contribution in [3.8, 4) is 5.75 Å².